The first-order valence-electron chi connectivity index (χ1n) is 9.93. The van der Waals surface area contributed by atoms with E-state index in [-0.39, 0.29) is 5.91 Å². The number of aromatic nitrogens is 1. The molecule has 1 aliphatic rings. The first kappa shape index (κ1) is 18.4. The topological polar surface area (TPSA) is 48.5 Å². The summed E-state index contributed by atoms with van der Waals surface area (Å²) in [6.07, 6.45) is 2.08. The van der Waals surface area contributed by atoms with Crippen LogP contribution in [0.1, 0.15) is 12.5 Å². The fraction of sp³-hybridized carbons (Fsp3) is 0.304. The quantitative estimate of drug-likeness (QED) is 0.742. The van der Waals surface area contributed by atoms with Crippen molar-refractivity contribution in [1.29, 1.82) is 0 Å². The Balaban J connectivity index is 1.49. The number of para-hydroxylation sites is 3. The van der Waals surface area contributed by atoms with Crippen molar-refractivity contribution in [2.75, 3.05) is 42.9 Å². The largest absolute Gasteiger partial charge is 0.367 e. The molecule has 0 spiro atoms. The highest BCUT2D eigenvalue weighted by Gasteiger charge is 2.19. The molecule has 1 N–H and O–H groups in total. The second-order valence-electron chi connectivity index (χ2n) is 7.16. The molecule has 1 amide bonds. The van der Waals surface area contributed by atoms with Gasteiger partial charge in [-0.15, -0.1) is 0 Å². The first-order valence-corrected chi connectivity index (χ1v) is 9.93. The molecule has 5 nitrogen and oxygen atoms in total. The normalized spacial score (nSPS) is 15.0. The standard InChI is InChI=1S/C23H26N4O/c1-2-26-13-15-27(16-14-26)21-11-4-3-10-20(21)25-22(28)17-19-8-5-7-18-9-6-12-24-23(18)19/h3-12H,2,13-17H2,1H3,(H,25,28). The summed E-state index contributed by atoms with van der Waals surface area (Å²) in [6.45, 7) is 7.36. The van der Waals surface area contributed by atoms with Gasteiger partial charge in [-0.25, -0.2) is 0 Å². The monoisotopic (exact) mass is 374 g/mol. The molecule has 1 fully saturated rings. The van der Waals surface area contributed by atoms with Crippen molar-refractivity contribution in [3.8, 4) is 0 Å². The fourth-order valence-corrected chi connectivity index (χ4v) is 3.84. The summed E-state index contributed by atoms with van der Waals surface area (Å²) in [7, 11) is 0. The van der Waals surface area contributed by atoms with Crippen LogP contribution in [0.2, 0.25) is 0 Å². The van der Waals surface area contributed by atoms with Crippen molar-refractivity contribution in [1.82, 2.24) is 9.88 Å². The molecule has 1 aromatic heterocycles. The van der Waals surface area contributed by atoms with Crippen molar-refractivity contribution in [2.24, 2.45) is 0 Å². The lowest BCUT2D eigenvalue weighted by Gasteiger charge is -2.36. The van der Waals surface area contributed by atoms with Gasteiger partial charge >= 0.3 is 0 Å². The van der Waals surface area contributed by atoms with Crippen LogP contribution in [-0.4, -0.2) is 48.5 Å². The van der Waals surface area contributed by atoms with Crippen molar-refractivity contribution in [3.63, 3.8) is 0 Å². The number of piperazine rings is 1. The molecule has 144 valence electrons. The van der Waals surface area contributed by atoms with Gasteiger partial charge in [-0.3, -0.25) is 9.78 Å². The maximum atomic E-state index is 12.8. The van der Waals surface area contributed by atoms with Crippen LogP contribution in [0.25, 0.3) is 10.9 Å². The summed E-state index contributed by atoms with van der Waals surface area (Å²) in [6, 6.07) is 18.0. The number of hydrogen-bond acceptors (Lipinski definition) is 4. The SMILES string of the molecule is CCN1CCN(c2ccccc2NC(=O)Cc2cccc3cccnc23)CC1. The Morgan fingerprint density at radius 1 is 1.00 bits per heavy atom. The highest BCUT2D eigenvalue weighted by atomic mass is 16.1. The van der Waals surface area contributed by atoms with Crippen LogP contribution >= 0.6 is 0 Å². The van der Waals surface area contributed by atoms with Gasteiger partial charge in [0.25, 0.3) is 0 Å². The van der Waals surface area contributed by atoms with E-state index in [2.05, 4.69) is 33.1 Å². The number of fused-ring (bicyclic) bond motifs is 1. The number of carbonyl (C=O) groups is 1. The Kier molecular flexibility index (Phi) is 5.53. The highest BCUT2D eigenvalue weighted by Crippen LogP contribution is 2.27. The number of benzene rings is 2. The van der Waals surface area contributed by atoms with E-state index in [1.54, 1.807) is 6.20 Å². The lowest BCUT2D eigenvalue weighted by molar-refractivity contribution is -0.115. The Bertz CT molecular complexity index is 958. The minimum Gasteiger partial charge on any atom is -0.367 e. The summed E-state index contributed by atoms with van der Waals surface area (Å²) < 4.78 is 0. The van der Waals surface area contributed by atoms with Gasteiger partial charge in [-0.05, 0) is 30.3 Å². The average Bonchev–Trinajstić information content (AvgIpc) is 2.74. The second-order valence-corrected chi connectivity index (χ2v) is 7.16. The van der Waals surface area contributed by atoms with E-state index in [1.165, 1.54) is 0 Å². The predicted molar refractivity (Wildman–Crippen MR) is 115 cm³/mol. The van der Waals surface area contributed by atoms with Gasteiger partial charge in [0.1, 0.15) is 0 Å². The van der Waals surface area contributed by atoms with Gasteiger partial charge in [-0.2, -0.15) is 0 Å². The van der Waals surface area contributed by atoms with E-state index in [0.717, 1.165) is 60.6 Å². The number of nitrogens with one attached hydrogen (secondary N) is 1. The third-order valence-corrected chi connectivity index (χ3v) is 5.41. The Labute approximate surface area is 166 Å². The number of pyridine rings is 1. The summed E-state index contributed by atoms with van der Waals surface area (Å²) in [4.78, 5) is 22.1. The molecule has 0 aliphatic carbocycles. The molecule has 0 unspecified atom stereocenters. The van der Waals surface area contributed by atoms with Gasteiger partial charge in [0, 0.05) is 37.8 Å². The van der Waals surface area contributed by atoms with Crippen LogP contribution in [0.3, 0.4) is 0 Å². The molecule has 28 heavy (non-hydrogen) atoms. The number of hydrogen-bond donors (Lipinski definition) is 1. The average molecular weight is 374 g/mol. The molecule has 2 aromatic carbocycles. The van der Waals surface area contributed by atoms with Gasteiger partial charge in [0.2, 0.25) is 5.91 Å². The van der Waals surface area contributed by atoms with Crippen molar-refractivity contribution in [3.05, 3.63) is 66.4 Å². The number of amides is 1. The first-order chi connectivity index (χ1) is 13.7. The van der Waals surface area contributed by atoms with Crippen molar-refractivity contribution in [2.45, 2.75) is 13.3 Å². The van der Waals surface area contributed by atoms with Crippen LogP contribution in [0.15, 0.2) is 60.8 Å². The molecule has 0 atom stereocenters. The fourth-order valence-electron chi connectivity index (χ4n) is 3.84. The Morgan fingerprint density at radius 2 is 1.79 bits per heavy atom. The number of likely N-dealkylation sites (N-methyl/N-ethyl adjacent to an activating group) is 1. The maximum Gasteiger partial charge on any atom is 0.228 e. The molecule has 4 rings (SSSR count). The van der Waals surface area contributed by atoms with Gasteiger partial charge in [0.05, 0.1) is 23.3 Å². The molecule has 5 heteroatoms. The minimum absolute atomic E-state index is 0.0159. The van der Waals surface area contributed by atoms with Crippen LogP contribution in [0.5, 0.6) is 0 Å². The van der Waals surface area contributed by atoms with Crippen LogP contribution in [0, 0.1) is 0 Å². The maximum absolute atomic E-state index is 12.8. The van der Waals surface area contributed by atoms with E-state index in [0.29, 0.717) is 6.42 Å². The molecule has 3 aromatic rings. The van der Waals surface area contributed by atoms with E-state index in [9.17, 15) is 4.79 Å². The van der Waals surface area contributed by atoms with Crippen molar-refractivity contribution < 1.29 is 4.79 Å². The third kappa shape index (κ3) is 3.99. The summed E-state index contributed by atoms with van der Waals surface area (Å²) in [5.74, 6) is -0.0159. The smallest absolute Gasteiger partial charge is 0.228 e. The van der Waals surface area contributed by atoms with Gasteiger partial charge < -0.3 is 15.1 Å². The highest BCUT2D eigenvalue weighted by molar-refractivity contribution is 5.97. The molecule has 0 radical (unpaired) electrons. The third-order valence-electron chi connectivity index (χ3n) is 5.41. The lowest BCUT2D eigenvalue weighted by atomic mass is 10.1. The number of rotatable bonds is 5. The number of carbonyl (C=O) groups excluding carboxylic acids is 1. The summed E-state index contributed by atoms with van der Waals surface area (Å²) >= 11 is 0. The minimum atomic E-state index is -0.0159. The van der Waals surface area contributed by atoms with E-state index >= 15 is 0 Å². The van der Waals surface area contributed by atoms with Crippen LogP contribution in [-0.2, 0) is 11.2 Å². The number of anilines is 2. The van der Waals surface area contributed by atoms with Crippen LogP contribution < -0.4 is 10.2 Å². The molecule has 0 bridgehead atoms. The molecule has 2 heterocycles. The van der Waals surface area contributed by atoms with E-state index in [4.69, 9.17) is 0 Å². The lowest BCUT2D eigenvalue weighted by Crippen LogP contribution is -2.46. The van der Waals surface area contributed by atoms with Gasteiger partial charge in [-0.1, -0.05) is 43.3 Å². The zero-order valence-corrected chi connectivity index (χ0v) is 16.3. The summed E-state index contributed by atoms with van der Waals surface area (Å²) in [5.41, 5.74) is 3.82. The molecular weight excluding hydrogens is 348 g/mol. The second kappa shape index (κ2) is 8.40. The molecule has 0 saturated carbocycles. The van der Waals surface area contributed by atoms with Crippen LogP contribution in [0.4, 0.5) is 11.4 Å². The zero-order chi connectivity index (χ0) is 19.3. The molecule has 1 aliphatic heterocycles. The Morgan fingerprint density at radius 3 is 2.61 bits per heavy atom. The zero-order valence-electron chi connectivity index (χ0n) is 16.3. The van der Waals surface area contributed by atoms with E-state index < -0.39 is 0 Å². The van der Waals surface area contributed by atoms with E-state index in [1.807, 2.05) is 48.5 Å². The Hall–Kier alpha value is -2.92. The molecule has 1 saturated heterocycles. The summed E-state index contributed by atoms with van der Waals surface area (Å²) in [5, 5.41) is 4.18. The van der Waals surface area contributed by atoms with Gasteiger partial charge in [0.15, 0.2) is 0 Å². The molecular formula is C23H26N4O. The van der Waals surface area contributed by atoms with Crippen molar-refractivity contribution >= 4 is 28.2 Å². The predicted octanol–water partition coefficient (Wildman–Crippen LogP) is 3.56. The number of nitrogens with zero attached hydrogens (tertiary/aromatic N) is 3.